The van der Waals surface area contributed by atoms with E-state index in [9.17, 15) is 0 Å². The topological polar surface area (TPSA) is 49.8 Å². The molecule has 0 aliphatic rings. The number of fused-ring (bicyclic) bond motifs is 1. The third-order valence-electron chi connectivity index (χ3n) is 4.94. The van der Waals surface area contributed by atoms with Crippen LogP contribution >= 0.6 is 11.3 Å². The van der Waals surface area contributed by atoms with Crippen LogP contribution in [0.3, 0.4) is 0 Å². The molecular weight excluding hydrogens is 388 g/mol. The van der Waals surface area contributed by atoms with E-state index in [0.717, 1.165) is 33.1 Å². The fourth-order valence-electron chi connectivity index (χ4n) is 3.33. The standard InChI is InChI=1S/C25H20N4S/c1-17-7-5-6-10-21(17)28-19-11-13-20(14-12-19)29-25-24-22(26-16-27-25)15-23(30-24)18-8-3-2-4-9-18/h2-16,28H,1H3,(H,26,27,29). The number of hydrogen-bond acceptors (Lipinski definition) is 5. The van der Waals surface area contributed by atoms with E-state index in [1.807, 2.05) is 18.2 Å². The quantitative estimate of drug-likeness (QED) is 0.324. The normalized spacial score (nSPS) is 10.8. The first-order valence-corrected chi connectivity index (χ1v) is 10.6. The van der Waals surface area contributed by atoms with Crippen LogP contribution < -0.4 is 10.6 Å². The number of benzene rings is 3. The summed E-state index contributed by atoms with van der Waals surface area (Å²) in [5.74, 6) is 0.826. The lowest BCUT2D eigenvalue weighted by Gasteiger charge is -2.11. The van der Waals surface area contributed by atoms with Crippen molar-refractivity contribution < 1.29 is 0 Å². The minimum Gasteiger partial charge on any atom is -0.355 e. The average Bonchev–Trinajstić information content (AvgIpc) is 3.23. The molecule has 0 bridgehead atoms. The van der Waals surface area contributed by atoms with E-state index in [2.05, 4.69) is 94.3 Å². The number of anilines is 4. The minimum absolute atomic E-state index is 0.826. The van der Waals surface area contributed by atoms with Crippen LogP contribution in [0.2, 0.25) is 0 Å². The molecule has 5 heteroatoms. The molecule has 2 heterocycles. The number of nitrogens with zero attached hydrogens (tertiary/aromatic N) is 2. The molecule has 5 aromatic rings. The fourth-order valence-corrected chi connectivity index (χ4v) is 4.39. The molecule has 0 saturated heterocycles. The van der Waals surface area contributed by atoms with E-state index in [1.54, 1.807) is 17.7 Å². The van der Waals surface area contributed by atoms with E-state index >= 15 is 0 Å². The van der Waals surface area contributed by atoms with Gasteiger partial charge < -0.3 is 10.6 Å². The van der Waals surface area contributed by atoms with Crippen molar-refractivity contribution in [2.45, 2.75) is 6.92 Å². The monoisotopic (exact) mass is 408 g/mol. The van der Waals surface area contributed by atoms with Crippen molar-refractivity contribution in [2.24, 2.45) is 0 Å². The molecule has 2 aromatic heterocycles. The molecule has 0 atom stereocenters. The van der Waals surface area contributed by atoms with Gasteiger partial charge in [-0.3, -0.25) is 0 Å². The van der Waals surface area contributed by atoms with E-state index in [1.165, 1.54) is 16.0 Å². The number of aromatic nitrogens is 2. The summed E-state index contributed by atoms with van der Waals surface area (Å²) in [5.41, 5.74) is 6.51. The summed E-state index contributed by atoms with van der Waals surface area (Å²) in [7, 11) is 0. The summed E-state index contributed by atoms with van der Waals surface area (Å²) in [4.78, 5) is 10.1. The van der Waals surface area contributed by atoms with Gasteiger partial charge in [0.1, 0.15) is 6.33 Å². The Hall–Kier alpha value is -3.70. The highest BCUT2D eigenvalue weighted by Gasteiger charge is 2.10. The second-order valence-corrected chi connectivity index (χ2v) is 8.11. The van der Waals surface area contributed by atoms with Crippen molar-refractivity contribution >= 4 is 44.4 Å². The Balaban J connectivity index is 1.39. The van der Waals surface area contributed by atoms with Gasteiger partial charge in [-0.25, -0.2) is 9.97 Å². The van der Waals surface area contributed by atoms with Gasteiger partial charge in [-0.1, -0.05) is 48.5 Å². The van der Waals surface area contributed by atoms with E-state index in [4.69, 9.17) is 0 Å². The van der Waals surface area contributed by atoms with Gasteiger partial charge in [-0.05, 0) is 54.4 Å². The molecule has 4 nitrogen and oxygen atoms in total. The third-order valence-corrected chi connectivity index (χ3v) is 6.12. The molecular formula is C25H20N4S. The Bertz CT molecular complexity index is 1290. The Labute approximate surface area is 179 Å². The van der Waals surface area contributed by atoms with Gasteiger partial charge in [0.05, 0.1) is 10.2 Å². The zero-order valence-electron chi connectivity index (χ0n) is 16.5. The molecule has 0 radical (unpaired) electrons. The molecule has 0 saturated carbocycles. The SMILES string of the molecule is Cc1ccccc1Nc1ccc(Nc2ncnc3cc(-c4ccccc4)sc23)cc1. The first-order chi connectivity index (χ1) is 14.8. The second kappa shape index (κ2) is 7.97. The summed E-state index contributed by atoms with van der Waals surface area (Å²) in [5, 5.41) is 6.91. The van der Waals surface area contributed by atoms with Crippen LogP contribution in [0.5, 0.6) is 0 Å². The maximum absolute atomic E-state index is 4.48. The Morgan fingerprint density at radius 3 is 2.20 bits per heavy atom. The summed E-state index contributed by atoms with van der Waals surface area (Å²) in [6.45, 7) is 2.10. The van der Waals surface area contributed by atoms with Crippen LogP contribution in [0.25, 0.3) is 20.7 Å². The van der Waals surface area contributed by atoms with Gasteiger partial charge in [0, 0.05) is 21.9 Å². The van der Waals surface area contributed by atoms with Gasteiger partial charge in [0.2, 0.25) is 0 Å². The van der Waals surface area contributed by atoms with Gasteiger partial charge >= 0.3 is 0 Å². The van der Waals surface area contributed by atoms with Crippen LogP contribution in [0, 0.1) is 6.92 Å². The number of nitrogens with one attached hydrogen (secondary N) is 2. The molecule has 0 amide bonds. The molecule has 0 fully saturated rings. The van der Waals surface area contributed by atoms with Crippen LogP contribution in [-0.4, -0.2) is 9.97 Å². The zero-order valence-corrected chi connectivity index (χ0v) is 17.3. The molecule has 0 aliphatic carbocycles. The third kappa shape index (κ3) is 3.75. The van der Waals surface area contributed by atoms with Crippen molar-refractivity contribution in [2.75, 3.05) is 10.6 Å². The number of rotatable bonds is 5. The van der Waals surface area contributed by atoms with Gasteiger partial charge in [-0.15, -0.1) is 11.3 Å². The molecule has 3 aromatic carbocycles. The first kappa shape index (κ1) is 18.3. The average molecular weight is 409 g/mol. The van der Waals surface area contributed by atoms with Crippen molar-refractivity contribution in [3.05, 3.63) is 96.8 Å². The second-order valence-electron chi connectivity index (χ2n) is 7.06. The number of hydrogen-bond donors (Lipinski definition) is 2. The summed E-state index contributed by atoms with van der Waals surface area (Å²) in [6.07, 6.45) is 1.61. The minimum atomic E-state index is 0.826. The molecule has 5 rings (SSSR count). The van der Waals surface area contributed by atoms with Crippen LogP contribution in [0.1, 0.15) is 5.56 Å². The van der Waals surface area contributed by atoms with E-state index < -0.39 is 0 Å². The number of thiophene rings is 1. The fraction of sp³-hybridized carbons (Fsp3) is 0.0400. The van der Waals surface area contributed by atoms with E-state index in [0.29, 0.717) is 0 Å². The smallest absolute Gasteiger partial charge is 0.151 e. The van der Waals surface area contributed by atoms with Crippen LogP contribution in [0.15, 0.2) is 91.3 Å². The molecule has 30 heavy (non-hydrogen) atoms. The van der Waals surface area contributed by atoms with Crippen molar-refractivity contribution in [1.29, 1.82) is 0 Å². The highest BCUT2D eigenvalue weighted by Crippen LogP contribution is 2.36. The lowest BCUT2D eigenvalue weighted by Crippen LogP contribution is -1.96. The molecule has 0 spiro atoms. The largest absolute Gasteiger partial charge is 0.355 e. The van der Waals surface area contributed by atoms with Crippen molar-refractivity contribution in [3.8, 4) is 10.4 Å². The predicted molar refractivity (Wildman–Crippen MR) is 127 cm³/mol. The lowest BCUT2D eigenvalue weighted by molar-refractivity contribution is 1.23. The molecule has 0 unspecified atom stereocenters. The highest BCUT2D eigenvalue weighted by molar-refractivity contribution is 7.22. The Morgan fingerprint density at radius 2 is 1.43 bits per heavy atom. The lowest BCUT2D eigenvalue weighted by atomic mass is 10.2. The number of para-hydroxylation sites is 1. The maximum Gasteiger partial charge on any atom is 0.151 e. The first-order valence-electron chi connectivity index (χ1n) is 9.76. The van der Waals surface area contributed by atoms with Crippen LogP contribution in [-0.2, 0) is 0 Å². The van der Waals surface area contributed by atoms with Gasteiger partial charge in [-0.2, -0.15) is 0 Å². The van der Waals surface area contributed by atoms with Gasteiger partial charge in [0.25, 0.3) is 0 Å². The molecule has 2 N–H and O–H groups in total. The maximum atomic E-state index is 4.48. The molecule has 146 valence electrons. The van der Waals surface area contributed by atoms with Crippen LogP contribution in [0.4, 0.5) is 22.9 Å². The zero-order chi connectivity index (χ0) is 20.3. The van der Waals surface area contributed by atoms with Gasteiger partial charge in [0.15, 0.2) is 5.82 Å². The number of aryl methyl sites for hydroxylation is 1. The summed E-state index contributed by atoms with van der Waals surface area (Å²) < 4.78 is 1.05. The molecule has 0 aliphatic heterocycles. The highest BCUT2D eigenvalue weighted by atomic mass is 32.1. The van der Waals surface area contributed by atoms with Crippen molar-refractivity contribution in [1.82, 2.24) is 9.97 Å². The predicted octanol–water partition coefficient (Wildman–Crippen LogP) is 7.15. The Morgan fingerprint density at radius 1 is 0.733 bits per heavy atom. The summed E-state index contributed by atoms with van der Waals surface area (Å²) in [6, 6.07) is 29.0. The summed E-state index contributed by atoms with van der Waals surface area (Å²) >= 11 is 1.70. The van der Waals surface area contributed by atoms with E-state index in [-0.39, 0.29) is 0 Å². The van der Waals surface area contributed by atoms with Crippen molar-refractivity contribution in [3.63, 3.8) is 0 Å². The Kier molecular flexibility index (Phi) is 4.87.